The van der Waals surface area contributed by atoms with Crippen molar-refractivity contribution in [1.29, 1.82) is 0 Å². The highest BCUT2D eigenvalue weighted by Gasteiger charge is 2.45. The van der Waals surface area contributed by atoms with Crippen molar-refractivity contribution in [2.24, 2.45) is 0 Å². The molecule has 1 N–H and O–H groups in total. The standard InChI is InChI=1S/C22H21Cl2N3O3S.ClH/c1-15(28)26-17-3-5-19(6-4-17)31-12-18-11-29-22(30-18,13-27-9-8-25-14-27)20-7-2-16(23)10-21(20)24;/h2-10,14,18H,11-13H2,1H3,(H,26,28);1H. The Balaban J connectivity index is 0.00000289. The van der Waals surface area contributed by atoms with E-state index in [9.17, 15) is 4.79 Å². The lowest BCUT2D eigenvalue weighted by Crippen LogP contribution is -2.34. The first kappa shape index (κ1) is 24.9. The van der Waals surface area contributed by atoms with Gasteiger partial charge in [0.25, 0.3) is 0 Å². The van der Waals surface area contributed by atoms with E-state index in [0.717, 1.165) is 16.1 Å². The smallest absolute Gasteiger partial charge is 0.221 e. The van der Waals surface area contributed by atoms with Crippen LogP contribution in [0.3, 0.4) is 0 Å². The molecule has 0 spiro atoms. The number of rotatable bonds is 7. The van der Waals surface area contributed by atoms with Crippen molar-refractivity contribution in [2.75, 3.05) is 17.7 Å². The van der Waals surface area contributed by atoms with Crippen LogP contribution in [0.25, 0.3) is 0 Å². The van der Waals surface area contributed by atoms with E-state index in [2.05, 4.69) is 10.3 Å². The van der Waals surface area contributed by atoms with E-state index in [1.165, 1.54) is 6.92 Å². The summed E-state index contributed by atoms with van der Waals surface area (Å²) in [6.45, 7) is 2.34. The van der Waals surface area contributed by atoms with E-state index in [4.69, 9.17) is 32.7 Å². The van der Waals surface area contributed by atoms with Gasteiger partial charge in [-0.25, -0.2) is 4.98 Å². The minimum Gasteiger partial charge on any atom is -0.342 e. The second-order valence-electron chi connectivity index (χ2n) is 7.18. The van der Waals surface area contributed by atoms with Gasteiger partial charge in [0.05, 0.1) is 30.6 Å². The maximum Gasteiger partial charge on any atom is 0.221 e. The van der Waals surface area contributed by atoms with Gasteiger partial charge in [0, 0.05) is 46.2 Å². The zero-order chi connectivity index (χ0) is 21.8. The van der Waals surface area contributed by atoms with Gasteiger partial charge in [0.15, 0.2) is 0 Å². The van der Waals surface area contributed by atoms with Crippen LogP contribution in [0.2, 0.25) is 10.0 Å². The molecule has 2 aromatic carbocycles. The summed E-state index contributed by atoms with van der Waals surface area (Å²) in [6, 6.07) is 13.0. The summed E-state index contributed by atoms with van der Waals surface area (Å²) in [5.41, 5.74) is 1.51. The maximum atomic E-state index is 11.2. The summed E-state index contributed by atoms with van der Waals surface area (Å²) < 4.78 is 14.6. The van der Waals surface area contributed by atoms with Gasteiger partial charge < -0.3 is 19.4 Å². The van der Waals surface area contributed by atoms with Crippen LogP contribution in [0.5, 0.6) is 0 Å². The van der Waals surface area contributed by atoms with Crippen molar-refractivity contribution >= 4 is 59.0 Å². The molecular weight excluding hydrogens is 493 g/mol. The molecule has 170 valence electrons. The number of hydrogen-bond donors (Lipinski definition) is 1. The Morgan fingerprint density at radius 3 is 2.72 bits per heavy atom. The number of aromatic nitrogens is 2. The number of carbonyl (C=O) groups excluding carboxylic acids is 1. The molecule has 10 heteroatoms. The molecule has 0 bridgehead atoms. The summed E-state index contributed by atoms with van der Waals surface area (Å²) in [7, 11) is 0. The topological polar surface area (TPSA) is 65.4 Å². The summed E-state index contributed by atoms with van der Waals surface area (Å²) in [6.07, 6.45) is 5.16. The molecule has 0 radical (unpaired) electrons. The van der Waals surface area contributed by atoms with Crippen LogP contribution >= 0.6 is 47.4 Å². The molecule has 1 fully saturated rings. The zero-order valence-corrected chi connectivity index (χ0v) is 20.3. The van der Waals surface area contributed by atoms with E-state index < -0.39 is 5.79 Å². The molecule has 6 nitrogen and oxygen atoms in total. The molecule has 1 saturated heterocycles. The Hall–Kier alpha value is -1.74. The quantitative estimate of drug-likeness (QED) is 0.414. The number of halogens is 3. The van der Waals surface area contributed by atoms with Crippen LogP contribution in [-0.2, 0) is 26.6 Å². The average Bonchev–Trinajstić information content (AvgIpc) is 3.38. The SMILES string of the molecule is CC(=O)Nc1ccc(SCC2COC(Cn3ccnc3)(c3ccc(Cl)cc3Cl)O2)cc1.Cl. The van der Waals surface area contributed by atoms with Crippen molar-refractivity contribution < 1.29 is 14.3 Å². The third-order valence-corrected chi connectivity index (χ3v) is 6.45. The molecule has 1 aromatic heterocycles. The second-order valence-corrected chi connectivity index (χ2v) is 9.12. The number of ether oxygens (including phenoxy) is 2. The lowest BCUT2D eigenvalue weighted by Gasteiger charge is -2.30. The Labute approximate surface area is 207 Å². The van der Waals surface area contributed by atoms with Crippen molar-refractivity contribution in [3.63, 3.8) is 0 Å². The molecule has 0 aliphatic carbocycles. The van der Waals surface area contributed by atoms with E-state index in [0.29, 0.717) is 28.9 Å². The van der Waals surface area contributed by atoms with Crippen LogP contribution in [0.4, 0.5) is 5.69 Å². The summed E-state index contributed by atoms with van der Waals surface area (Å²) >= 11 is 14.3. The number of thioether (sulfide) groups is 1. The highest BCUT2D eigenvalue weighted by Crippen LogP contribution is 2.41. The van der Waals surface area contributed by atoms with Gasteiger partial charge in [-0.1, -0.05) is 29.3 Å². The highest BCUT2D eigenvalue weighted by molar-refractivity contribution is 7.99. The molecule has 32 heavy (non-hydrogen) atoms. The first-order valence-corrected chi connectivity index (χ1v) is 11.4. The van der Waals surface area contributed by atoms with E-state index in [-0.39, 0.29) is 24.4 Å². The Bertz CT molecular complexity index is 1050. The minimum atomic E-state index is -1.02. The number of amides is 1. The summed E-state index contributed by atoms with van der Waals surface area (Å²) in [5, 5.41) is 3.82. The van der Waals surface area contributed by atoms with Crippen LogP contribution in [0.1, 0.15) is 12.5 Å². The van der Waals surface area contributed by atoms with E-state index in [1.54, 1.807) is 36.4 Å². The monoisotopic (exact) mass is 513 g/mol. The van der Waals surface area contributed by atoms with Gasteiger partial charge in [-0.3, -0.25) is 4.79 Å². The molecule has 4 rings (SSSR count). The van der Waals surface area contributed by atoms with Gasteiger partial charge >= 0.3 is 0 Å². The lowest BCUT2D eigenvalue weighted by molar-refractivity contribution is -0.184. The molecular formula is C22H22Cl3N3O3S. The number of carbonyl (C=O) groups is 1. The fourth-order valence-electron chi connectivity index (χ4n) is 3.40. The van der Waals surface area contributed by atoms with Gasteiger partial charge in [0.1, 0.15) is 0 Å². The lowest BCUT2D eigenvalue weighted by atomic mass is 10.1. The molecule has 2 heterocycles. The highest BCUT2D eigenvalue weighted by atomic mass is 35.5. The number of nitrogens with one attached hydrogen (secondary N) is 1. The molecule has 2 unspecified atom stereocenters. The minimum absolute atomic E-state index is 0. The van der Waals surface area contributed by atoms with Crippen molar-refractivity contribution in [3.05, 3.63) is 76.8 Å². The summed E-state index contributed by atoms with van der Waals surface area (Å²) in [5.74, 6) is -0.411. The Morgan fingerprint density at radius 2 is 2.06 bits per heavy atom. The average molecular weight is 515 g/mol. The largest absolute Gasteiger partial charge is 0.342 e. The van der Waals surface area contributed by atoms with Crippen LogP contribution < -0.4 is 5.32 Å². The molecule has 1 aliphatic heterocycles. The Kier molecular flexibility index (Phi) is 8.49. The van der Waals surface area contributed by atoms with E-state index in [1.807, 2.05) is 41.1 Å². The molecule has 0 saturated carbocycles. The fourth-order valence-corrected chi connectivity index (χ4v) is 4.83. The molecule has 2 atom stereocenters. The maximum absolute atomic E-state index is 11.2. The number of anilines is 1. The van der Waals surface area contributed by atoms with Crippen LogP contribution in [0.15, 0.2) is 66.1 Å². The Morgan fingerprint density at radius 1 is 1.28 bits per heavy atom. The van der Waals surface area contributed by atoms with Gasteiger partial charge in [-0.05, 0) is 36.4 Å². The van der Waals surface area contributed by atoms with Crippen molar-refractivity contribution in [2.45, 2.75) is 30.3 Å². The van der Waals surface area contributed by atoms with Crippen LogP contribution in [0, 0.1) is 0 Å². The third kappa shape index (κ3) is 5.98. The predicted molar refractivity (Wildman–Crippen MR) is 130 cm³/mol. The third-order valence-electron chi connectivity index (χ3n) is 4.76. The van der Waals surface area contributed by atoms with Crippen molar-refractivity contribution in [1.82, 2.24) is 9.55 Å². The normalized spacial score (nSPS) is 20.0. The number of imidazole rings is 1. The second kappa shape index (κ2) is 10.9. The molecule has 3 aromatic rings. The van der Waals surface area contributed by atoms with Crippen LogP contribution in [-0.4, -0.2) is 33.9 Å². The number of hydrogen-bond acceptors (Lipinski definition) is 5. The van der Waals surface area contributed by atoms with Gasteiger partial charge in [-0.2, -0.15) is 0 Å². The molecule has 1 amide bonds. The number of benzene rings is 2. The van der Waals surface area contributed by atoms with Gasteiger partial charge in [-0.15, -0.1) is 24.2 Å². The first-order valence-electron chi connectivity index (χ1n) is 9.67. The van der Waals surface area contributed by atoms with Gasteiger partial charge in [0.2, 0.25) is 11.7 Å². The predicted octanol–water partition coefficient (Wildman–Crippen LogP) is 5.63. The zero-order valence-electron chi connectivity index (χ0n) is 17.2. The fraction of sp³-hybridized carbons (Fsp3) is 0.273. The first-order chi connectivity index (χ1) is 14.9. The summed E-state index contributed by atoms with van der Waals surface area (Å²) in [4.78, 5) is 16.4. The van der Waals surface area contributed by atoms with Crippen molar-refractivity contribution in [3.8, 4) is 0 Å². The van der Waals surface area contributed by atoms with E-state index >= 15 is 0 Å². The number of nitrogens with zero attached hydrogens (tertiary/aromatic N) is 2. The molecule has 1 aliphatic rings.